The van der Waals surface area contributed by atoms with Crippen LogP contribution in [-0.4, -0.2) is 26.0 Å². The molecule has 1 heterocycles. The lowest BCUT2D eigenvalue weighted by Crippen LogP contribution is -2.31. The number of aryl methyl sites for hydroxylation is 1. The third-order valence-electron chi connectivity index (χ3n) is 5.34. The van der Waals surface area contributed by atoms with Crippen molar-refractivity contribution in [2.75, 3.05) is 10.8 Å². The van der Waals surface area contributed by atoms with Crippen molar-refractivity contribution in [3.05, 3.63) is 23.0 Å². The molecule has 0 aromatic heterocycles. The molecule has 0 bridgehead atoms. The number of carbonyl (C=O) groups is 1. The zero-order valence-corrected chi connectivity index (χ0v) is 16.8. The fraction of sp³-hybridized carbons (Fsp3) is 0.632. The average molecular weight is 399 g/mol. The van der Waals surface area contributed by atoms with Gasteiger partial charge in [-0.1, -0.05) is 33.6 Å². The first-order chi connectivity index (χ1) is 12.5. The molecule has 0 radical (unpaired) electrons. The molecule has 1 atom stereocenters. The summed E-state index contributed by atoms with van der Waals surface area (Å²) in [6.45, 7) is 6.07. The fourth-order valence-corrected chi connectivity index (χ4v) is 5.13. The van der Waals surface area contributed by atoms with Crippen LogP contribution in [0.2, 0.25) is 0 Å². The highest BCUT2D eigenvalue weighted by atomic mass is 32.2. The third-order valence-corrected chi connectivity index (χ3v) is 6.72. The van der Waals surface area contributed by atoms with Gasteiger partial charge in [-0.25, -0.2) is 13.4 Å². The van der Waals surface area contributed by atoms with E-state index in [1.807, 2.05) is 4.72 Å². The van der Waals surface area contributed by atoms with Crippen molar-refractivity contribution in [2.45, 2.75) is 59.3 Å². The van der Waals surface area contributed by atoms with Crippen molar-refractivity contribution in [2.24, 2.45) is 11.3 Å². The minimum Gasteiger partial charge on any atom is -0.506 e. The predicted octanol–water partition coefficient (Wildman–Crippen LogP) is 3.03. The number of fused-ring (bicyclic) bond motifs is 1. The number of phenols is 1. The smallest absolute Gasteiger partial charge is 0.326 e. The molecule has 1 aromatic rings. The number of benzene rings is 1. The number of phenolic OH excluding ortho intramolecular Hbond substituents is 1. The van der Waals surface area contributed by atoms with Crippen LogP contribution < -0.4 is 9.03 Å². The van der Waals surface area contributed by atoms with Gasteiger partial charge in [-0.3, -0.25) is 4.79 Å². The third kappa shape index (κ3) is 4.20. The van der Waals surface area contributed by atoms with Gasteiger partial charge in [-0.05, 0) is 54.2 Å². The van der Waals surface area contributed by atoms with E-state index in [0.29, 0.717) is 28.6 Å². The van der Waals surface area contributed by atoms with Gasteiger partial charge in [0.1, 0.15) is 18.0 Å². The Bertz CT molecular complexity index is 861. The Morgan fingerprint density at radius 2 is 2.07 bits per heavy atom. The fourth-order valence-electron chi connectivity index (χ4n) is 3.96. The molecule has 1 unspecified atom stereocenters. The van der Waals surface area contributed by atoms with Gasteiger partial charge in [0, 0.05) is 0 Å². The molecular formula is C19H27FN2O4S. The van der Waals surface area contributed by atoms with E-state index in [0.717, 1.165) is 31.2 Å². The van der Waals surface area contributed by atoms with Gasteiger partial charge in [0.2, 0.25) is 0 Å². The maximum absolute atomic E-state index is 15.2. The molecule has 1 aliphatic heterocycles. The highest BCUT2D eigenvalue weighted by molar-refractivity contribution is 7.92. The normalized spacial score (nSPS) is 21.9. The van der Waals surface area contributed by atoms with Crippen molar-refractivity contribution in [3.8, 4) is 5.75 Å². The molecule has 2 N–H and O–H groups in total. The summed E-state index contributed by atoms with van der Waals surface area (Å²) >= 11 is 0. The number of amides is 1. The number of aromatic hydroxyl groups is 1. The Morgan fingerprint density at radius 3 is 2.67 bits per heavy atom. The standard InChI is InChI=1S/C19H27FN2O4S/c1-19(2,3)8-4-5-12-6-7-13-10-15(23)18(17(20)14(13)9-12)22-11-16(24)21-27(22,25)26/h10,12,23H,4-9,11H2,1-3H3,(H,21,24). The first kappa shape index (κ1) is 19.9. The van der Waals surface area contributed by atoms with E-state index in [1.54, 1.807) is 0 Å². The second kappa shape index (κ2) is 6.96. The van der Waals surface area contributed by atoms with Crippen molar-refractivity contribution in [1.29, 1.82) is 0 Å². The number of hydrogen-bond donors (Lipinski definition) is 2. The topological polar surface area (TPSA) is 86.7 Å². The van der Waals surface area contributed by atoms with Crippen LogP contribution >= 0.6 is 0 Å². The first-order valence-corrected chi connectivity index (χ1v) is 10.8. The number of carbonyl (C=O) groups excluding carboxylic acids is 1. The van der Waals surface area contributed by atoms with Gasteiger partial charge < -0.3 is 5.11 Å². The molecule has 1 fully saturated rings. The summed E-state index contributed by atoms with van der Waals surface area (Å²) in [5.74, 6) is -1.59. The van der Waals surface area contributed by atoms with Crippen molar-refractivity contribution >= 4 is 21.8 Å². The summed E-state index contributed by atoms with van der Waals surface area (Å²) < 4.78 is 41.8. The number of rotatable bonds is 4. The van der Waals surface area contributed by atoms with E-state index in [2.05, 4.69) is 20.8 Å². The molecule has 3 rings (SSSR count). The van der Waals surface area contributed by atoms with E-state index in [-0.39, 0.29) is 5.41 Å². The van der Waals surface area contributed by atoms with E-state index >= 15 is 4.39 Å². The predicted molar refractivity (Wildman–Crippen MR) is 101 cm³/mol. The summed E-state index contributed by atoms with van der Waals surface area (Å²) in [4.78, 5) is 11.5. The summed E-state index contributed by atoms with van der Waals surface area (Å²) in [7, 11) is -4.17. The Kier molecular flexibility index (Phi) is 5.14. The maximum atomic E-state index is 15.2. The lowest BCUT2D eigenvalue weighted by Gasteiger charge is -2.28. The van der Waals surface area contributed by atoms with Gasteiger partial charge in [-0.15, -0.1) is 0 Å². The van der Waals surface area contributed by atoms with Crippen LogP contribution in [0.4, 0.5) is 10.1 Å². The highest BCUT2D eigenvalue weighted by Gasteiger charge is 2.39. The minimum absolute atomic E-state index is 0.264. The number of nitrogens with one attached hydrogen (secondary N) is 1. The Labute approximate surface area is 159 Å². The van der Waals surface area contributed by atoms with E-state index in [9.17, 15) is 18.3 Å². The van der Waals surface area contributed by atoms with E-state index < -0.39 is 39.9 Å². The molecule has 1 aromatic carbocycles. The molecule has 27 heavy (non-hydrogen) atoms. The van der Waals surface area contributed by atoms with Crippen LogP contribution in [0, 0.1) is 17.2 Å². The number of halogens is 1. The molecule has 150 valence electrons. The number of nitrogens with zero attached hydrogens (tertiary/aromatic N) is 1. The van der Waals surface area contributed by atoms with E-state index in [4.69, 9.17) is 0 Å². The summed E-state index contributed by atoms with van der Waals surface area (Å²) in [6.07, 6.45) is 5.26. The Morgan fingerprint density at radius 1 is 1.37 bits per heavy atom. The first-order valence-electron chi connectivity index (χ1n) is 9.34. The van der Waals surface area contributed by atoms with Gasteiger partial charge in [0.05, 0.1) is 0 Å². The average Bonchev–Trinajstić information content (AvgIpc) is 2.79. The largest absolute Gasteiger partial charge is 0.506 e. The molecule has 2 aliphatic rings. The van der Waals surface area contributed by atoms with Crippen LogP contribution in [0.15, 0.2) is 6.07 Å². The van der Waals surface area contributed by atoms with E-state index in [1.165, 1.54) is 6.07 Å². The van der Waals surface area contributed by atoms with Crippen LogP contribution in [-0.2, 0) is 27.8 Å². The van der Waals surface area contributed by atoms with Crippen molar-refractivity contribution in [3.63, 3.8) is 0 Å². The van der Waals surface area contributed by atoms with Crippen molar-refractivity contribution < 1.29 is 22.7 Å². The number of anilines is 1. The SMILES string of the molecule is CC(C)(C)CCCC1CCc2cc(O)c(N3CC(=O)NS3(=O)=O)c(F)c2C1. The monoisotopic (exact) mass is 398 g/mol. The molecule has 1 aliphatic carbocycles. The van der Waals surface area contributed by atoms with Crippen LogP contribution in [0.1, 0.15) is 57.6 Å². The van der Waals surface area contributed by atoms with Crippen LogP contribution in [0.25, 0.3) is 0 Å². The molecule has 1 saturated heterocycles. The molecule has 0 spiro atoms. The lowest BCUT2D eigenvalue weighted by atomic mass is 9.79. The van der Waals surface area contributed by atoms with Gasteiger partial charge >= 0.3 is 10.2 Å². The van der Waals surface area contributed by atoms with Crippen LogP contribution in [0.5, 0.6) is 5.75 Å². The van der Waals surface area contributed by atoms with Gasteiger partial charge in [-0.2, -0.15) is 8.42 Å². The number of hydrogen-bond acceptors (Lipinski definition) is 4. The summed E-state index contributed by atoms with van der Waals surface area (Å²) in [5, 5.41) is 10.2. The lowest BCUT2D eigenvalue weighted by molar-refractivity contribution is -0.117. The summed E-state index contributed by atoms with van der Waals surface area (Å²) in [6, 6.07) is 1.44. The molecule has 1 amide bonds. The zero-order chi connectivity index (χ0) is 20.0. The maximum Gasteiger partial charge on any atom is 0.326 e. The molecule has 0 saturated carbocycles. The molecule has 6 nitrogen and oxygen atoms in total. The second-order valence-corrected chi connectivity index (χ2v) is 10.4. The zero-order valence-electron chi connectivity index (χ0n) is 16.0. The Balaban J connectivity index is 1.85. The van der Waals surface area contributed by atoms with Crippen LogP contribution in [0.3, 0.4) is 0 Å². The molecular weight excluding hydrogens is 371 g/mol. The molecule has 8 heteroatoms. The minimum atomic E-state index is -4.17. The van der Waals surface area contributed by atoms with Crippen molar-refractivity contribution in [1.82, 2.24) is 4.72 Å². The van der Waals surface area contributed by atoms with Gasteiger partial charge in [0.15, 0.2) is 5.82 Å². The highest BCUT2D eigenvalue weighted by Crippen LogP contribution is 2.41. The quantitative estimate of drug-likeness (QED) is 0.816. The summed E-state index contributed by atoms with van der Waals surface area (Å²) in [5.41, 5.74) is 1.02. The Hall–Kier alpha value is -1.83. The van der Waals surface area contributed by atoms with Gasteiger partial charge in [0.25, 0.3) is 5.91 Å². The second-order valence-electron chi connectivity index (χ2n) is 8.79.